The van der Waals surface area contributed by atoms with E-state index in [4.69, 9.17) is 0 Å². The summed E-state index contributed by atoms with van der Waals surface area (Å²) in [6, 6.07) is 5.86. The Morgan fingerprint density at radius 2 is 1.85 bits per heavy atom. The van der Waals surface area contributed by atoms with Gasteiger partial charge >= 0.3 is 5.97 Å². The summed E-state index contributed by atoms with van der Waals surface area (Å²) < 4.78 is 0. The van der Waals surface area contributed by atoms with Crippen LogP contribution in [0.15, 0.2) is 18.2 Å². The zero-order valence-electron chi connectivity index (χ0n) is 15.6. The van der Waals surface area contributed by atoms with Crippen molar-refractivity contribution in [2.45, 2.75) is 19.9 Å². The van der Waals surface area contributed by atoms with Crippen LogP contribution in [0.5, 0.6) is 0 Å². The molecule has 3 rings (SSSR count). The van der Waals surface area contributed by atoms with Crippen LogP contribution in [0.25, 0.3) is 0 Å². The molecule has 0 spiro atoms. The van der Waals surface area contributed by atoms with E-state index >= 15 is 0 Å². The lowest BCUT2D eigenvalue weighted by Gasteiger charge is -2.39. The maximum atomic E-state index is 13.0. The van der Waals surface area contributed by atoms with E-state index in [1.54, 1.807) is 0 Å². The number of carboxylic acid groups (broad SMARTS) is 1. The smallest absolute Gasteiger partial charge is 0.307 e. The molecule has 26 heavy (non-hydrogen) atoms. The van der Waals surface area contributed by atoms with Crippen LogP contribution in [0, 0.1) is 18.8 Å². The number of pyridine rings is 1. The van der Waals surface area contributed by atoms with E-state index < -0.39 is 11.9 Å². The number of carboxylic acids is 1. The first-order chi connectivity index (χ1) is 12.4. The van der Waals surface area contributed by atoms with E-state index in [2.05, 4.69) is 21.8 Å². The maximum absolute atomic E-state index is 13.0. The van der Waals surface area contributed by atoms with Crippen molar-refractivity contribution in [3.63, 3.8) is 0 Å². The molecule has 2 aliphatic rings. The molecule has 2 aliphatic heterocycles. The molecule has 1 amide bonds. The molecule has 2 fully saturated rings. The maximum Gasteiger partial charge on any atom is 0.307 e. The summed E-state index contributed by atoms with van der Waals surface area (Å²) in [5.41, 5.74) is 1.86. The summed E-state index contributed by atoms with van der Waals surface area (Å²) in [5, 5.41) is 9.54. The van der Waals surface area contributed by atoms with Crippen molar-refractivity contribution in [1.29, 1.82) is 0 Å². The van der Waals surface area contributed by atoms with Crippen LogP contribution in [-0.2, 0) is 16.1 Å². The number of likely N-dealkylation sites (N-methyl/N-ethyl adjacent to an activating group) is 1. The topological polar surface area (TPSA) is 77.0 Å². The summed E-state index contributed by atoms with van der Waals surface area (Å²) in [6.45, 7) is 6.79. The molecule has 3 heterocycles. The molecular formula is C19H28N4O3. The van der Waals surface area contributed by atoms with Crippen LogP contribution >= 0.6 is 0 Å². The van der Waals surface area contributed by atoms with Gasteiger partial charge in [0.1, 0.15) is 0 Å². The Morgan fingerprint density at radius 3 is 2.50 bits per heavy atom. The zero-order valence-corrected chi connectivity index (χ0v) is 15.6. The monoisotopic (exact) mass is 360 g/mol. The first-order valence-electron chi connectivity index (χ1n) is 9.27. The Hall–Kier alpha value is -1.99. The van der Waals surface area contributed by atoms with Gasteiger partial charge in [-0.15, -0.1) is 0 Å². The standard InChI is InChI=1S/C19H28N4O3/c1-14-4-3-5-17(20-14)13-22-11-15(10-16(12-22)19(25)26)18(24)23-8-6-21(2)7-9-23/h3-5,15-16H,6-13H2,1-2H3,(H,25,26)/t15-,16-/m0/s1. The minimum Gasteiger partial charge on any atom is -0.481 e. The fourth-order valence-corrected chi connectivity index (χ4v) is 3.88. The van der Waals surface area contributed by atoms with E-state index in [0.717, 1.165) is 37.6 Å². The number of aryl methyl sites for hydroxylation is 1. The van der Waals surface area contributed by atoms with E-state index in [-0.39, 0.29) is 11.8 Å². The Kier molecular flexibility index (Phi) is 5.88. The molecule has 142 valence electrons. The molecule has 1 N–H and O–H groups in total. The highest BCUT2D eigenvalue weighted by atomic mass is 16.4. The van der Waals surface area contributed by atoms with Crippen LogP contribution in [0.4, 0.5) is 0 Å². The van der Waals surface area contributed by atoms with Crippen molar-refractivity contribution in [3.8, 4) is 0 Å². The van der Waals surface area contributed by atoms with Crippen molar-refractivity contribution in [1.82, 2.24) is 19.7 Å². The average molecular weight is 360 g/mol. The number of aromatic nitrogens is 1. The molecular weight excluding hydrogens is 332 g/mol. The fourth-order valence-electron chi connectivity index (χ4n) is 3.88. The molecule has 7 nitrogen and oxygen atoms in total. The Morgan fingerprint density at radius 1 is 1.15 bits per heavy atom. The lowest BCUT2D eigenvalue weighted by Crippen LogP contribution is -2.53. The third-order valence-electron chi connectivity index (χ3n) is 5.37. The number of nitrogens with zero attached hydrogens (tertiary/aromatic N) is 4. The molecule has 2 saturated heterocycles. The highest BCUT2D eigenvalue weighted by Gasteiger charge is 2.37. The van der Waals surface area contributed by atoms with Gasteiger partial charge in [-0.2, -0.15) is 0 Å². The first kappa shape index (κ1) is 18.8. The highest BCUT2D eigenvalue weighted by Crippen LogP contribution is 2.25. The number of carbonyl (C=O) groups is 2. The van der Waals surface area contributed by atoms with E-state index in [9.17, 15) is 14.7 Å². The number of aliphatic carboxylic acids is 1. The molecule has 0 saturated carbocycles. The van der Waals surface area contributed by atoms with Gasteiger partial charge in [-0.3, -0.25) is 19.5 Å². The second-order valence-corrected chi connectivity index (χ2v) is 7.56. The number of piperidine rings is 1. The van der Waals surface area contributed by atoms with Gasteiger partial charge in [0.25, 0.3) is 0 Å². The highest BCUT2D eigenvalue weighted by molar-refractivity contribution is 5.80. The van der Waals surface area contributed by atoms with Crippen LogP contribution in [0.1, 0.15) is 17.8 Å². The third kappa shape index (κ3) is 4.59. The molecule has 0 bridgehead atoms. The molecule has 1 aromatic heterocycles. The fraction of sp³-hybridized carbons (Fsp3) is 0.632. The summed E-state index contributed by atoms with van der Waals surface area (Å²) in [7, 11) is 2.06. The van der Waals surface area contributed by atoms with Crippen LogP contribution in [0.3, 0.4) is 0 Å². The SMILES string of the molecule is Cc1cccc(CN2C[C@@H](C(=O)O)C[C@H](C(=O)N3CCN(C)CC3)C2)n1. The zero-order chi connectivity index (χ0) is 18.7. The number of amides is 1. The molecule has 7 heteroatoms. The molecule has 2 atom stereocenters. The Balaban J connectivity index is 1.69. The van der Waals surface area contributed by atoms with Gasteiger partial charge in [0.2, 0.25) is 5.91 Å². The summed E-state index contributed by atoms with van der Waals surface area (Å²) in [6.07, 6.45) is 0.429. The van der Waals surface area contributed by atoms with E-state index in [0.29, 0.717) is 26.1 Å². The summed E-state index contributed by atoms with van der Waals surface area (Å²) >= 11 is 0. The van der Waals surface area contributed by atoms with Crippen molar-refractivity contribution in [2.24, 2.45) is 11.8 Å². The van der Waals surface area contributed by atoms with Crippen molar-refractivity contribution in [2.75, 3.05) is 46.3 Å². The normalized spacial score (nSPS) is 25.2. The van der Waals surface area contributed by atoms with Crippen LogP contribution in [0.2, 0.25) is 0 Å². The van der Waals surface area contributed by atoms with Crippen molar-refractivity contribution >= 4 is 11.9 Å². The number of carbonyl (C=O) groups excluding carboxylic acids is 1. The molecule has 0 unspecified atom stereocenters. The first-order valence-corrected chi connectivity index (χ1v) is 9.27. The van der Waals surface area contributed by atoms with Gasteiger partial charge in [0.05, 0.1) is 17.5 Å². The lowest BCUT2D eigenvalue weighted by molar-refractivity contribution is -0.148. The number of rotatable bonds is 4. The van der Waals surface area contributed by atoms with E-state index in [1.807, 2.05) is 30.0 Å². The van der Waals surface area contributed by atoms with E-state index in [1.165, 1.54) is 0 Å². The largest absolute Gasteiger partial charge is 0.481 e. The number of likely N-dealkylation sites (tertiary alicyclic amines) is 1. The predicted octanol–water partition coefficient (Wildman–Crippen LogP) is 0.687. The van der Waals surface area contributed by atoms with Crippen LogP contribution < -0.4 is 0 Å². The van der Waals surface area contributed by atoms with Gasteiger partial charge in [-0.05, 0) is 32.5 Å². The van der Waals surface area contributed by atoms with Gasteiger partial charge in [0, 0.05) is 51.5 Å². The predicted molar refractivity (Wildman–Crippen MR) is 97.6 cm³/mol. The van der Waals surface area contributed by atoms with Crippen molar-refractivity contribution < 1.29 is 14.7 Å². The lowest BCUT2D eigenvalue weighted by atomic mass is 9.88. The van der Waals surface area contributed by atoms with Gasteiger partial charge in [-0.1, -0.05) is 6.07 Å². The number of piperazine rings is 1. The van der Waals surface area contributed by atoms with Gasteiger partial charge in [-0.25, -0.2) is 0 Å². The summed E-state index contributed by atoms with van der Waals surface area (Å²) in [5.74, 6) is -1.47. The average Bonchev–Trinajstić information content (AvgIpc) is 2.61. The quantitative estimate of drug-likeness (QED) is 0.851. The Bertz CT molecular complexity index is 658. The minimum atomic E-state index is -0.817. The minimum absolute atomic E-state index is 0.103. The number of hydrogen-bond acceptors (Lipinski definition) is 5. The molecule has 1 aromatic rings. The Labute approximate surface area is 154 Å². The third-order valence-corrected chi connectivity index (χ3v) is 5.37. The number of hydrogen-bond donors (Lipinski definition) is 1. The van der Waals surface area contributed by atoms with Gasteiger partial charge < -0.3 is 14.9 Å². The molecule has 0 radical (unpaired) electrons. The second kappa shape index (κ2) is 8.14. The van der Waals surface area contributed by atoms with Crippen LogP contribution in [-0.4, -0.2) is 83.0 Å². The molecule has 0 aliphatic carbocycles. The molecule has 0 aromatic carbocycles. The summed E-state index contributed by atoms with van der Waals surface area (Å²) in [4.78, 5) is 35.3. The second-order valence-electron chi connectivity index (χ2n) is 7.56. The van der Waals surface area contributed by atoms with Crippen molar-refractivity contribution in [3.05, 3.63) is 29.6 Å². The van der Waals surface area contributed by atoms with Gasteiger partial charge in [0.15, 0.2) is 0 Å².